The third-order valence-electron chi connectivity index (χ3n) is 4.47. The third kappa shape index (κ3) is 7.20. The number of benzene rings is 1. The predicted molar refractivity (Wildman–Crippen MR) is 104 cm³/mol. The third-order valence-corrected chi connectivity index (χ3v) is 4.47. The average molecular weight is 336 g/mol. The van der Waals surface area contributed by atoms with Crippen molar-refractivity contribution in [2.45, 2.75) is 53.8 Å². The van der Waals surface area contributed by atoms with Crippen molar-refractivity contribution in [1.29, 1.82) is 0 Å². The van der Waals surface area contributed by atoms with E-state index in [2.05, 4.69) is 74.0 Å². The van der Waals surface area contributed by atoms with Crippen molar-refractivity contribution in [2.24, 2.45) is 0 Å². The number of nitrogens with zero attached hydrogens (tertiary/aromatic N) is 2. The fourth-order valence-electron chi connectivity index (χ4n) is 2.90. The van der Waals surface area contributed by atoms with Crippen LogP contribution in [0.5, 0.6) is 5.75 Å². The van der Waals surface area contributed by atoms with Crippen molar-refractivity contribution in [3.05, 3.63) is 29.8 Å². The van der Waals surface area contributed by atoms with Gasteiger partial charge in [0.1, 0.15) is 5.75 Å². The maximum Gasteiger partial charge on any atom is 0.152 e. The second-order valence-corrected chi connectivity index (χ2v) is 6.07. The Morgan fingerprint density at radius 1 is 0.958 bits per heavy atom. The first-order chi connectivity index (χ1) is 11.7. The van der Waals surface area contributed by atoms with Crippen LogP contribution in [-0.2, 0) is 6.54 Å². The second kappa shape index (κ2) is 12.3. The van der Waals surface area contributed by atoms with Crippen LogP contribution in [0.2, 0.25) is 0 Å². The Balaban J connectivity index is 2.57. The van der Waals surface area contributed by atoms with Gasteiger partial charge in [-0.2, -0.15) is 0 Å². The minimum Gasteiger partial charge on any atom is -0.475 e. The van der Waals surface area contributed by atoms with E-state index in [0.717, 1.165) is 58.0 Å². The van der Waals surface area contributed by atoms with Gasteiger partial charge in [0.05, 0.1) is 0 Å². The Morgan fingerprint density at radius 2 is 1.62 bits per heavy atom. The van der Waals surface area contributed by atoms with Crippen molar-refractivity contribution in [2.75, 3.05) is 39.3 Å². The van der Waals surface area contributed by atoms with Gasteiger partial charge in [0, 0.05) is 19.6 Å². The van der Waals surface area contributed by atoms with Gasteiger partial charge in [0.2, 0.25) is 0 Å². The molecule has 1 atom stereocenters. The summed E-state index contributed by atoms with van der Waals surface area (Å²) in [4.78, 5) is 4.82. The molecule has 0 radical (unpaired) electrons. The first-order valence-electron chi connectivity index (χ1n) is 9.60. The molecular weight excluding hydrogens is 298 g/mol. The maximum absolute atomic E-state index is 6.18. The number of rotatable bonds is 13. The van der Waals surface area contributed by atoms with Gasteiger partial charge in [-0.1, -0.05) is 46.8 Å². The molecule has 138 valence electrons. The molecule has 4 heteroatoms. The number of hydrogen-bond acceptors (Lipinski definition) is 4. The second-order valence-electron chi connectivity index (χ2n) is 6.07. The lowest BCUT2D eigenvalue weighted by molar-refractivity contribution is 0.0298. The number of nitrogens with one attached hydrogen (secondary N) is 1. The molecule has 4 nitrogen and oxygen atoms in total. The zero-order valence-corrected chi connectivity index (χ0v) is 16.3. The van der Waals surface area contributed by atoms with Crippen molar-refractivity contribution < 1.29 is 4.74 Å². The van der Waals surface area contributed by atoms with E-state index in [4.69, 9.17) is 4.74 Å². The van der Waals surface area contributed by atoms with E-state index in [1.165, 1.54) is 5.56 Å². The lowest BCUT2D eigenvalue weighted by atomic mass is 10.2. The van der Waals surface area contributed by atoms with E-state index < -0.39 is 0 Å². The lowest BCUT2D eigenvalue weighted by Gasteiger charge is -2.29. The SMILES string of the molecule is CCNCCN(CC)Cc1ccc(OC(CC)N(CC)CC)cc1. The van der Waals surface area contributed by atoms with Gasteiger partial charge >= 0.3 is 0 Å². The normalized spacial score (nSPS) is 12.8. The highest BCUT2D eigenvalue weighted by molar-refractivity contribution is 5.27. The molecule has 0 aromatic heterocycles. The van der Waals surface area contributed by atoms with E-state index in [9.17, 15) is 0 Å². The molecule has 0 aliphatic heterocycles. The summed E-state index contributed by atoms with van der Waals surface area (Å²) in [6.07, 6.45) is 1.16. The molecule has 1 aromatic rings. The molecule has 0 aliphatic rings. The highest BCUT2D eigenvalue weighted by Gasteiger charge is 2.15. The van der Waals surface area contributed by atoms with Gasteiger partial charge in [-0.3, -0.25) is 9.80 Å². The molecular formula is C20H37N3O. The van der Waals surface area contributed by atoms with Crippen LogP contribution < -0.4 is 10.1 Å². The zero-order valence-electron chi connectivity index (χ0n) is 16.3. The van der Waals surface area contributed by atoms with Crippen LogP contribution in [0.15, 0.2) is 24.3 Å². The average Bonchev–Trinajstić information content (AvgIpc) is 2.62. The van der Waals surface area contributed by atoms with Gasteiger partial charge in [0.15, 0.2) is 6.23 Å². The lowest BCUT2D eigenvalue weighted by Crippen LogP contribution is -2.38. The zero-order chi connectivity index (χ0) is 17.8. The smallest absolute Gasteiger partial charge is 0.152 e. The standard InChI is InChI=1S/C20H37N3O/c1-6-20(23(9-4)10-5)24-19-13-11-18(12-14-19)17-22(8-3)16-15-21-7-2/h11-14,20-21H,6-10,15-17H2,1-5H3. The van der Waals surface area contributed by atoms with Gasteiger partial charge in [-0.25, -0.2) is 0 Å². The first kappa shape index (κ1) is 20.9. The van der Waals surface area contributed by atoms with E-state index in [-0.39, 0.29) is 6.23 Å². The molecule has 0 heterocycles. The fourth-order valence-corrected chi connectivity index (χ4v) is 2.90. The summed E-state index contributed by atoms with van der Waals surface area (Å²) < 4.78 is 6.18. The number of ether oxygens (including phenoxy) is 1. The maximum atomic E-state index is 6.18. The Labute approximate surface area is 149 Å². The summed E-state index contributed by atoms with van der Waals surface area (Å²) in [7, 11) is 0. The van der Waals surface area contributed by atoms with Crippen LogP contribution in [0.25, 0.3) is 0 Å². The van der Waals surface area contributed by atoms with Crippen molar-refractivity contribution in [3.8, 4) is 5.75 Å². The molecule has 1 rings (SSSR count). The van der Waals surface area contributed by atoms with Crippen molar-refractivity contribution in [3.63, 3.8) is 0 Å². The molecule has 0 fully saturated rings. The van der Waals surface area contributed by atoms with Crippen LogP contribution in [-0.4, -0.2) is 55.3 Å². The molecule has 0 bridgehead atoms. The summed E-state index contributed by atoms with van der Waals surface area (Å²) in [6.45, 7) is 18.2. The molecule has 24 heavy (non-hydrogen) atoms. The molecule has 0 spiro atoms. The minimum absolute atomic E-state index is 0.165. The van der Waals surface area contributed by atoms with Gasteiger partial charge in [0.25, 0.3) is 0 Å². The topological polar surface area (TPSA) is 27.7 Å². The summed E-state index contributed by atoms with van der Waals surface area (Å²) in [5.41, 5.74) is 1.34. The number of hydrogen-bond donors (Lipinski definition) is 1. The van der Waals surface area contributed by atoms with Crippen molar-refractivity contribution >= 4 is 0 Å². The molecule has 1 aromatic carbocycles. The summed E-state index contributed by atoms with van der Waals surface area (Å²) in [6, 6.07) is 8.61. The van der Waals surface area contributed by atoms with Crippen LogP contribution >= 0.6 is 0 Å². The summed E-state index contributed by atoms with van der Waals surface area (Å²) in [5.74, 6) is 0.966. The molecule has 0 aliphatic carbocycles. The summed E-state index contributed by atoms with van der Waals surface area (Å²) in [5, 5.41) is 3.39. The molecule has 1 unspecified atom stereocenters. The van der Waals surface area contributed by atoms with E-state index in [1.807, 2.05) is 0 Å². The van der Waals surface area contributed by atoms with Gasteiger partial charge < -0.3 is 10.1 Å². The quantitative estimate of drug-likeness (QED) is 0.440. The Morgan fingerprint density at radius 3 is 2.12 bits per heavy atom. The fraction of sp³-hybridized carbons (Fsp3) is 0.700. The van der Waals surface area contributed by atoms with Crippen LogP contribution in [0.1, 0.15) is 46.6 Å². The Hall–Kier alpha value is -1.10. The molecule has 0 saturated carbocycles. The van der Waals surface area contributed by atoms with E-state index in [0.29, 0.717) is 0 Å². The highest BCUT2D eigenvalue weighted by Crippen LogP contribution is 2.17. The largest absolute Gasteiger partial charge is 0.475 e. The number of likely N-dealkylation sites (N-methyl/N-ethyl adjacent to an activating group) is 2. The van der Waals surface area contributed by atoms with Crippen LogP contribution in [0.3, 0.4) is 0 Å². The summed E-state index contributed by atoms with van der Waals surface area (Å²) >= 11 is 0. The minimum atomic E-state index is 0.165. The van der Waals surface area contributed by atoms with Crippen molar-refractivity contribution in [1.82, 2.24) is 15.1 Å². The Kier molecular flexibility index (Phi) is 10.7. The first-order valence-corrected chi connectivity index (χ1v) is 9.60. The van der Waals surface area contributed by atoms with Crippen LogP contribution in [0, 0.1) is 0 Å². The van der Waals surface area contributed by atoms with Gasteiger partial charge in [-0.05, 0) is 50.3 Å². The molecule has 0 saturated heterocycles. The van der Waals surface area contributed by atoms with E-state index in [1.54, 1.807) is 0 Å². The molecule has 0 amide bonds. The predicted octanol–water partition coefficient (Wildman–Crippen LogP) is 3.57. The Bertz CT molecular complexity index is 417. The van der Waals surface area contributed by atoms with E-state index >= 15 is 0 Å². The monoisotopic (exact) mass is 335 g/mol. The van der Waals surface area contributed by atoms with Crippen LogP contribution in [0.4, 0.5) is 0 Å². The highest BCUT2D eigenvalue weighted by atomic mass is 16.5. The van der Waals surface area contributed by atoms with Gasteiger partial charge in [-0.15, -0.1) is 0 Å². The molecule has 1 N–H and O–H groups in total.